The highest BCUT2D eigenvalue weighted by atomic mass is 32.2. The number of anilines is 1. The lowest BCUT2D eigenvalue weighted by atomic mass is 10.1. The van der Waals surface area contributed by atoms with Crippen LogP contribution in [-0.4, -0.2) is 25.9 Å². The number of aromatic nitrogens is 3. The van der Waals surface area contributed by atoms with Gasteiger partial charge in [0.25, 0.3) is 0 Å². The first-order valence-corrected chi connectivity index (χ1v) is 12.5. The van der Waals surface area contributed by atoms with Crippen molar-refractivity contribution in [3.63, 3.8) is 0 Å². The second kappa shape index (κ2) is 11.4. The van der Waals surface area contributed by atoms with Gasteiger partial charge in [0.15, 0.2) is 5.16 Å². The van der Waals surface area contributed by atoms with Crippen LogP contribution in [0, 0.1) is 20.8 Å². The first-order chi connectivity index (χ1) is 15.4. The lowest BCUT2D eigenvalue weighted by Gasteiger charge is -2.16. The predicted octanol–water partition coefficient (Wildman–Crippen LogP) is 6.19. The predicted molar refractivity (Wildman–Crippen MR) is 135 cm³/mol. The van der Waals surface area contributed by atoms with Crippen molar-refractivity contribution in [1.82, 2.24) is 14.8 Å². The Morgan fingerprint density at radius 3 is 2.53 bits per heavy atom. The molecule has 1 atom stereocenters. The van der Waals surface area contributed by atoms with Gasteiger partial charge in [-0.25, -0.2) is 0 Å². The van der Waals surface area contributed by atoms with Gasteiger partial charge in [0, 0.05) is 17.1 Å². The molecule has 0 aliphatic carbocycles. The molecule has 1 unspecified atom stereocenters. The van der Waals surface area contributed by atoms with E-state index in [0.717, 1.165) is 27.8 Å². The van der Waals surface area contributed by atoms with Gasteiger partial charge in [0.05, 0.1) is 11.0 Å². The molecular formula is C25H30N4OS2. The first kappa shape index (κ1) is 24.1. The van der Waals surface area contributed by atoms with E-state index in [-0.39, 0.29) is 11.2 Å². The molecule has 1 heterocycles. The van der Waals surface area contributed by atoms with Crippen LogP contribution in [0.15, 0.2) is 65.2 Å². The van der Waals surface area contributed by atoms with Crippen LogP contribution in [0.3, 0.4) is 0 Å². The van der Waals surface area contributed by atoms with Gasteiger partial charge in [-0.2, -0.15) is 0 Å². The number of carbonyl (C=O) groups excluding carboxylic acids is 1. The van der Waals surface area contributed by atoms with E-state index in [9.17, 15) is 4.79 Å². The number of amides is 1. The molecule has 0 bridgehead atoms. The zero-order valence-electron chi connectivity index (χ0n) is 19.1. The molecule has 1 amide bonds. The molecule has 5 nitrogen and oxygen atoms in total. The van der Waals surface area contributed by atoms with E-state index >= 15 is 0 Å². The fourth-order valence-electron chi connectivity index (χ4n) is 3.14. The summed E-state index contributed by atoms with van der Waals surface area (Å²) in [7, 11) is 0. The maximum absolute atomic E-state index is 13.0. The SMILES string of the molecule is C=CCn1c(CSc2ccc(C)cc2)nnc1SC(CC)C(=O)Nc1cc(C)ccc1C. The summed E-state index contributed by atoms with van der Waals surface area (Å²) in [5.74, 6) is 1.56. The lowest BCUT2D eigenvalue weighted by Crippen LogP contribution is -2.25. The van der Waals surface area contributed by atoms with Crippen LogP contribution in [0.1, 0.15) is 35.9 Å². The molecular weight excluding hydrogens is 436 g/mol. The maximum Gasteiger partial charge on any atom is 0.237 e. The number of nitrogens with one attached hydrogen (secondary N) is 1. The molecule has 0 aliphatic heterocycles. The number of carbonyl (C=O) groups is 1. The Morgan fingerprint density at radius 1 is 1.12 bits per heavy atom. The lowest BCUT2D eigenvalue weighted by molar-refractivity contribution is -0.115. The fourth-order valence-corrected chi connectivity index (χ4v) is 4.96. The number of rotatable bonds is 10. The summed E-state index contributed by atoms with van der Waals surface area (Å²) >= 11 is 3.18. The average molecular weight is 467 g/mol. The number of allylic oxidation sites excluding steroid dienone is 1. The zero-order chi connectivity index (χ0) is 23.1. The molecule has 0 spiro atoms. The molecule has 0 saturated heterocycles. The molecule has 0 fully saturated rings. The van der Waals surface area contributed by atoms with Crippen molar-refractivity contribution < 1.29 is 4.79 Å². The number of hydrogen-bond donors (Lipinski definition) is 1. The highest BCUT2D eigenvalue weighted by Crippen LogP contribution is 2.29. The Morgan fingerprint density at radius 2 is 1.84 bits per heavy atom. The Labute approximate surface area is 199 Å². The van der Waals surface area contributed by atoms with Gasteiger partial charge >= 0.3 is 0 Å². The van der Waals surface area contributed by atoms with Crippen molar-refractivity contribution in [3.8, 4) is 0 Å². The van der Waals surface area contributed by atoms with E-state index in [4.69, 9.17) is 0 Å². The molecule has 32 heavy (non-hydrogen) atoms. The van der Waals surface area contributed by atoms with Crippen LogP contribution in [0.25, 0.3) is 0 Å². The number of benzene rings is 2. The second-order valence-corrected chi connectivity index (χ2v) is 9.94. The van der Waals surface area contributed by atoms with Crippen molar-refractivity contribution in [3.05, 3.63) is 77.6 Å². The van der Waals surface area contributed by atoms with Crippen LogP contribution >= 0.6 is 23.5 Å². The second-order valence-electron chi connectivity index (χ2n) is 7.72. The largest absolute Gasteiger partial charge is 0.325 e. The summed E-state index contributed by atoms with van der Waals surface area (Å²) in [5, 5.41) is 12.4. The van der Waals surface area contributed by atoms with Crippen molar-refractivity contribution in [2.75, 3.05) is 5.32 Å². The molecule has 3 aromatic rings. The van der Waals surface area contributed by atoms with Gasteiger partial charge in [-0.3, -0.25) is 4.79 Å². The van der Waals surface area contributed by atoms with Crippen LogP contribution in [-0.2, 0) is 17.1 Å². The fraction of sp³-hybridized carbons (Fsp3) is 0.320. The summed E-state index contributed by atoms with van der Waals surface area (Å²) in [6, 6.07) is 14.5. The van der Waals surface area contributed by atoms with E-state index < -0.39 is 0 Å². The Kier molecular flexibility index (Phi) is 8.59. The molecule has 1 N–H and O–H groups in total. The molecule has 2 aromatic carbocycles. The zero-order valence-corrected chi connectivity index (χ0v) is 20.7. The third-order valence-electron chi connectivity index (χ3n) is 5.06. The molecule has 168 valence electrons. The van der Waals surface area contributed by atoms with Crippen LogP contribution in [0.5, 0.6) is 0 Å². The number of aryl methyl sites for hydroxylation is 3. The van der Waals surface area contributed by atoms with Gasteiger partial charge in [0.2, 0.25) is 5.91 Å². The smallest absolute Gasteiger partial charge is 0.237 e. The van der Waals surface area contributed by atoms with Crippen LogP contribution in [0.4, 0.5) is 5.69 Å². The first-order valence-electron chi connectivity index (χ1n) is 10.7. The third kappa shape index (κ3) is 6.26. The van der Waals surface area contributed by atoms with Crippen molar-refractivity contribution in [2.24, 2.45) is 0 Å². The Balaban J connectivity index is 1.72. The summed E-state index contributed by atoms with van der Waals surface area (Å²) < 4.78 is 2.05. The topological polar surface area (TPSA) is 59.8 Å². The van der Waals surface area contributed by atoms with Gasteiger partial charge in [-0.05, 0) is 56.5 Å². The summed E-state index contributed by atoms with van der Waals surface area (Å²) in [5.41, 5.74) is 4.27. The monoisotopic (exact) mass is 466 g/mol. The quantitative estimate of drug-likeness (QED) is 0.285. The minimum absolute atomic E-state index is 0.0186. The highest BCUT2D eigenvalue weighted by molar-refractivity contribution is 8.00. The highest BCUT2D eigenvalue weighted by Gasteiger charge is 2.23. The van der Waals surface area contributed by atoms with E-state index in [1.807, 2.05) is 49.6 Å². The molecule has 0 aliphatic rings. The van der Waals surface area contributed by atoms with Crippen LogP contribution < -0.4 is 5.32 Å². The van der Waals surface area contributed by atoms with Gasteiger partial charge in [-0.1, -0.05) is 54.6 Å². The maximum atomic E-state index is 13.0. The van der Waals surface area contributed by atoms with E-state index in [0.29, 0.717) is 18.7 Å². The van der Waals surface area contributed by atoms with Gasteiger partial charge in [-0.15, -0.1) is 28.5 Å². The molecule has 1 aromatic heterocycles. The average Bonchev–Trinajstić information content (AvgIpc) is 3.15. The number of hydrogen-bond acceptors (Lipinski definition) is 5. The van der Waals surface area contributed by atoms with Crippen molar-refractivity contribution in [2.45, 2.75) is 61.7 Å². The summed E-state index contributed by atoms with van der Waals surface area (Å²) in [6.45, 7) is 12.6. The summed E-state index contributed by atoms with van der Waals surface area (Å²) in [6.07, 6.45) is 2.53. The Hall–Kier alpha value is -2.51. The molecule has 0 saturated carbocycles. The standard InChI is InChI=1S/C25H30N4OS2/c1-6-14-29-23(16-31-20-12-9-17(3)10-13-20)27-28-25(29)32-22(7-2)24(30)26-21-15-18(4)8-11-19(21)5/h6,8-13,15,22H,1,7,14,16H2,2-5H3,(H,26,30). The minimum Gasteiger partial charge on any atom is -0.325 e. The van der Waals surface area contributed by atoms with Crippen molar-refractivity contribution >= 4 is 35.1 Å². The van der Waals surface area contributed by atoms with Gasteiger partial charge in [0.1, 0.15) is 5.82 Å². The number of nitrogens with zero attached hydrogens (tertiary/aromatic N) is 3. The Bertz CT molecular complexity index is 1080. The van der Waals surface area contributed by atoms with E-state index in [1.54, 1.807) is 11.8 Å². The van der Waals surface area contributed by atoms with Crippen LogP contribution in [0.2, 0.25) is 0 Å². The summed E-state index contributed by atoms with van der Waals surface area (Å²) in [4.78, 5) is 14.2. The molecule has 7 heteroatoms. The third-order valence-corrected chi connectivity index (χ3v) is 7.41. The minimum atomic E-state index is -0.264. The normalized spacial score (nSPS) is 11.9. The molecule has 3 rings (SSSR count). The molecule has 0 radical (unpaired) electrons. The van der Waals surface area contributed by atoms with Gasteiger partial charge < -0.3 is 9.88 Å². The van der Waals surface area contributed by atoms with E-state index in [1.165, 1.54) is 22.2 Å². The number of thioether (sulfide) groups is 2. The van der Waals surface area contributed by atoms with E-state index in [2.05, 4.69) is 53.3 Å². The van der Waals surface area contributed by atoms with Crippen molar-refractivity contribution in [1.29, 1.82) is 0 Å².